The number of nitrogens with one attached hydrogen (secondary N) is 2. The highest BCUT2D eigenvalue weighted by atomic mass is 16.5. The highest BCUT2D eigenvalue weighted by molar-refractivity contribution is 6.05. The lowest BCUT2D eigenvalue weighted by Gasteiger charge is -2.15. The van der Waals surface area contributed by atoms with Crippen LogP contribution in [0.2, 0.25) is 0 Å². The molecule has 0 aliphatic rings. The SMILES string of the molecule is CC(COc1ccccc1)C(=O)Nc1cc(N)ccc1C(=N)N. The van der Waals surface area contributed by atoms with Crippen LogP contribution in [0.5, 0.6) is 5.75 Å². The standard InChI is InChI=1S/C17H20N4O2/c1-11(10-23-13-5-3-2-4-6-13)17(22)21-15-9-12(18)7-8-14(15)16(19)20/h2-9,11H,10,18H2,1H3,(H3,19,20)(H,21,22). The van der Waals surface area contributed by atoms with Crippen molar-refractivity contribution < 1.29 is 9.53 Å². The van der Waals surface area contributed by atoms with Gasteiger partial charge in [0.05, 0.1) is 18.2 Å². The molecule has 23 heavy (non-hydrogen) atoms. The molecule has 1 unspecified atom stereocenters. The molecule has 0 bridgehead atoms. The largest absolute Gasteiger partial charge is 0.493 e. The zero-order valence-corrected chi connectivity index (χ0v) is 12.9. The molecule has 6 heteroatoms. The minimum atomic E-state index is -0.378. The van der Waals surface area contributed by atoms with E-state index in [4.69, 9.17) is 21.6 Å². The summed E-state index contributed by atoms with van der Waals surface area (Å²) in [5.74, 6) is -0.0282. The predicted molar refractivity (Wildman–Crippen MR) is 91.6 cm³/mol. The summed E-state index contributed by atoms with van der Waals surface area (Å²) in [6.45, 7) is 2.01. The van der Waals surface area contributed by atoms with Gasteiger partial charge in [-0.15, -0.1) is 0 Å². The van der Waals surface area contributed by atoms with E-state index in [1.807, 2.05) is 30.3 Å². The van der Waals surface area contributed by atoms with Crippen LogP contribution < -0.4 is 21.5 Å². The second kappa shape index (κ2) is 7.31. The first-order chi connectivity index (χ1) is 11.0. The van der Waals surface area contributed by atoms with Crippen LogP contribution in [0, 0.1) is 11.3 Å². The van der Waals surface area contributed by atoms with E-state index in [0.717, 1.165) is 0 Å². The maximum absolute atomic E-state index is 12.3. The summed E-state index contributed by atoms with van der Waals surface area (Å²) in [4.78, 5) is 12.3. The predicted octanol–water partition coefficient (Wildman–Crippen LogP) is 2.21. The van der Waals surface area contributed by atoms with Crippen molar-refractivity contribution in [3.8, 4) is 5.75 Å². The Hall–Kier alpha value is -3.02. The molecule has 0 aliphatic carbocycles. The zero-order valence-electron chi connectivity index (χ0n) is 12.9. The number of carbonyl (C=O) groups excluding carboxylic acids is 1. The molecule has 0 heterocycles. The highest BCUT2D eigenvalue weighted by Gasteiger charge is 2.16. The van der Waals surface area contributed by atoms with Crippen molar-refractivity contribution in [2.45, 2.75) is 6.92 Å². The van der Waals surface area contributed by atoms with Crippen molar-refractivity contribution >= 4 is 23.1 Å². The van der Waals surface area contributed by atoms with Crippen LogP contribution in [0.15, 0.2) is 48.5 Å². The monoisotopic (exact) mass is 312 g/mol. The van der Waals surface area contributed by atoms with Crippen molar-refractivity contribution in [1.29, 1.82) is 5.41 Å². The van der Waals surface area contributed by atoms with E-state index in [1.54, 1.807) is 25.1 Å². The quantitative estimate of drug-likeness (QED) is 0.372. The van der Waals surface area contributed by atoms with Gasteiger partial charge in [-0.25, -0.2) is 0 Å². The molecule has 0 aliphatic heterocycles. The van der Waals surface area contributed by atoms with E-state index < -0.39 is 0 Å². The van der Waals surface area contributed by atoms with Crippen molar-refractivity contribution in [2.24, 2.45) is 11.7 Å². The maximum atomic E-state index is 12.3. The summed E-state index contributed by atoms with van der Waals surface area (Å²) in [5.41, 5.74) is 12.6. The second-order valence-corrected chi connectivity index (χ2v) is 5.23. The molecule has 0 spiro atoms. The summed E-state index contributed by atoms with van der Waals surface area (Å²) in [6, 6.07) is 14.1. The number of hydrogen-bond acceptors (Lipinski definition) is 4. The van der Waals surface area contributed by atoms with Crippen LogP contribution in [0.1, 0.15) is 12.5 Å². The van der Waals surface area contributed by atoms with Gasteiger partial charge in [0.2, 0.25) is 5.91 Å². The van der Waals surface area contributed by atoms with Crippen LogP contribution in [-0.2, 0) is 4.79 Å². The summed E-state index contributed by atoms with van der Waals surface area (Å²) < 4.78 is 5.58. The molecule has 120 valence electrons. The van der Waals surface area contributed by atoms with Crippen LogP contribution in [-0.4, -0.2) is 18.3 Å². The smallest absolute Gasteiger partial charge is 0.230 e. The lowest BCUT2D eigenvalue weighted by molar-refractivity contribution is -0.120. The number of nitrogen functional groups attached to an aromatic ring is 2. The summed E-state index contributed by atoms with van der Waals surface area (Å²) in [5, 5.41) is 10.3. The lowest BCUT2D eigenvalue weighted by Crippen LogP contribution is -2.27. The van der Waals surface area contributed by atoms with Gasteiger partial charge in [-0.1, -0.05) is 25.1 Å². The fourth-order valence-corrected chi connectivity index (χ4v) is 1.97. The Bertz CT molecular complexity index is 701. The van der Waals surface area contributed by atoms with Gasteiger partial charge in [0.1, 0.15) is 11.6 Å². The van der Waals surface area contributed by atoms with Gasteiger partial charge in [-0.05, 0) is 30.3 Å². The van der Waals surface area contributed by atoms with Gasteiger partial charge < -0.3 is 21.5 Å². The van der Waals surface area contributed by atoms with E-state index in [0.29, 0.717) is 22.7 Å². The first kappa shape index (κ1) is 16.4. The zero-order chi connectivity index (χ0) is 16.8. The number of amides is 1. The minimum Gasteiger partial charge on any atom is -0.493 e. The third-order valence-corrected chi connectivity index (χ3v) is 3.28. The summed E-state index contributed by atoms with van der Waals surface area (Å²) in [6.07, 6.45) is 0. The number of amidine groups is 1. The highest BCUT2D eigenvalue weighted by Crippen LogP contribution is 2.20. The first-order valence-corrected chi connectivity index (χ1v) is 7.20. The molecule has 2 rings (SSSR count). The van der Waals surface area contributed by atoms with E-state index in [2.05, 4.69) is 5.32 Å². The second-order valence-electron chi connectivity index (χ2n) is 5.23. The van der Waals surface area contributed by atoms with Gasteiger partial charge in [-0.2, -0.15) is 0 Å². The maximum Gasteiger partial charge on any atom is 0.230 e. The molecule has 0 saturated heterocycles. The van der Waals surface area contributed by atoms with Crippen LogP contribution in [0.4, 0.5) is 11.4 Å². The molecule has 1 amide bonds. The molecule has 0 fully saturated rings. The molecule has 2 aromatic rings. The molecular formula is C17H20N4O2. The van der Waals surface area contributed by atoms with Crippen molar-refractivity contribution in [2.75, 3.05) is 17.7 Å². The third kappa shape index (κ3) is 4.47. The Balaban J connectivity index is 2.01. The average molecular weight is 312 g/mol. The molecule has 2 aromatic carbocycles. The number of anilines is 2. The molecular weight excluding hydrogens is 292 g/mol. The number of para-hydroxylation sites is 1. The Labute approximate surface area is 135 Å². The van der Waals surface area contributed by atoms with E-state index in [1.165, 1.54) is 0 Å². The topological polar surface area (TPSA) is 114 Å². The molecule has 0 radical (unpaired) electrons. The van der Waals surface area contributed by atoms with Crippen molar-refractivity contribution in [3.05, 3.63) is 54.1 Å². The first-order valence-electron chi connectivity index (χ1n) is 7.20. The summed E-state index contributed by atoms with van der Waals surface area (Å²) >= 11 is 0. The number of ether oxygens (including phenoxy) is 1. The van der Waals surface area contributed by atoms with E-state index >= 15 is 0 Å². The van der Waals surface area contributed by atoms with Gasteiger partial charge in [0.25, 0.3) is 0 Å². The normalized spacial score (nSPS) is 11.5. The number of rotatable bonds is 6. The number of benzene rings is 2. The minimum absolute atomic E-state index is 0.131. The van der Waals surface area contributed by atoms with Gasteiger partial charge in [-0.3, -0.25) is 10.2 Å². The Morgan fingerprint density at radius 3 is 2.61 bits per heavy atom. The van der Waals surface area contributed by atoms with Gasteiger partial charge in [0.15, 0.2) is 0 Å². The molecule has 6 nitrogen and oxygen atoms in total. The van der Waals surface area contributed by atoms with Crippen molar-refractivity contribution in [1.82, 2.24) is 0 Å². The molecule has 0 saturated carbocycles. The average Bonchev–Trinajstić information content (AvgIpc) is 2.53. The third-order valence-electron chi connectivity index (χ3n) is 3.28. The molecule has 0 aromatic heterocycles. The molecule has 1 atom stereocenters. The Morgan fingerprint density at radius 2 is 1.96 bits per heavy atom. The van der Waals surface area contributed by atoms with Crippen LogP contribution in [0.25, 0.3) is 0 Å². The van der Waals surface area contributed by atoms with Gasteiger partial charge >= 0.3 is 0 Å². The van der Waals surface area contributed by atoms with Crippen molar-refractivity contribution in [3.63, 3.8) is 0 Å². The summed E-state index contributed by atoms with van der Waals surface area (Å²) in [7, 11) is 0. The number of hydrogen-bond donors (Lipinski definition) is 4. The Morgan fingerprint density at radius 1 is 1.26 bits per heavy atom. The number of carbonyl (C=O) groups is 1. The van der Waals surface area contributed by atoms with E-state index in [9.17, 15) is 4.79 Å². The van der Waals surface area contributed by atoms with E-state index in [-0.39, 0.29) is 24.3 Å². The number of nitrogens with two attached hydrogens (primary N) is 2. The molecule has 6 N–H and O–H groups in total. The van der Waals surface area contributed by atoms with Gasteiger partial charge in [0, 0.05) is 11.3 Å². The Kier molecular flexibility index (Phi) is 5.19. The van der Waals surface area contributed by atoms with Crippen LogP contribution >= 0.6 is 0 Å². The fraction of sp³-hybridized carbons (Fsp3) is 0.176. The lowest BCUT2D eigenvalue weighted by atomic mass is 10.1. The fourth-order valence-electron chi connectivity index (χ4n) is 1.97. The van der Waals surface area contributed by atoms with Crippen LogP contribution in [0.3, 0.4) is 0 Å².